The van der Waals surface area contributed by atoms with Gasteiger partial charge in [0.25, 0.3) is 5.56 Å². The normalized spacial score (nSPS) is 10.9. The number of rotatable bonds is 6. The lowest BCUT2D eigenvalue weighted by Gasteiger charge is -2.08. The number of thiophene rings is 2. The van der Waals surface area contributed by atoms with E-state index in [4.69, 9.17) is 4.74 Å². The van der Waals surface area contributed by atoms with E-state index >= 15 is 0 Å². The first kappa shape index (κ1) is 20.9. The number of ether oxygens (including phenoxy) is 1. The number of aromatic nitrogens is 2. The van der Waals surface area contributed by atoms with Gasteiger partial charge in [-0.25, -0.2) is 14.2 Å². The summed E-state index contributed by atoms with van der Waals surface area (Å²) in [6.07, 6.45) is 1.32. The van der Waals surface area contributed by atoms with Crippen LogP contribution in [-0.4, -0.2) is 28.0 Å². The lowest BCUT2D eigenvalue weighted by atomic mass is 10.1. The van der Waals surface area contributed by atoms with E-state index in [1.807, 2.05) is 0 Å². The fourth-order valence-corrected chi connectivity index (χ4v) is 4.72. The Labute approximate surface area is 183 Å². The van der Waals surface area contributed by atoms with Crippen LogP contribution in [0.5, 0.6) is 0 Å². The monoisotopic (exact) mass is 457 g/mol. The molecular formula is C21H16FN3O4S2. The first-order valence-electron chi connectivity index (χ1n) is 9.25. The first-order chi connectivity index (χ1) is 15.0. The molecule has 0 saturated heterocycles. The average Bonchev–Trinajstić information content (AvgIpc) is 3.38. The van der Waals surface area contributed by atoms with Crippen LogP contribution in [0.15, 0.2) is 52.2 Å². The maximum absolute atomic E-state index is 13.3. The molecule has 0 aliphatic heterocycles. The molecule has 0 saturated carbocycles. The Kier molecular flexibility index (Phi) is 5.92. The molecule has 4 aromatic rings. The van der Waals surface area contributed by atoms with Gasteiger partial charge in [-0.2, -0.15) is 0 Å². The summed E-state index contributed by atoms with van der Waals surface area (Å²) in [6.45, 7) is 1.64. The van der Waals surface area contributed by atoms with Crippen LogP contribution in [0.1, 0.15) is 17.3 Å². The molecule has 3 heterocycles. The molecule has 158 valence electrons. The summed E-state index contributed by atoms with van der Waals surface area (Å²) in [7, 11) is 0. The number of amides is 1. The van der Waals surface area contributed by atoms with E-state index in [1.165, 1.54) is 45.7 Å². The Morgan fingerprint density at radius 2 is 1.97 bits per heavy atom. The van der Waals surface area contributed by atoms with E-state index in [2.05, 4.69) is 10.3 Å². The molecule has 0 atom stereocenters. The maximum Gasteiger partial charge on any atom is 0.341 e. The molecular weight excluding hydrogens is 441 g/mol. The highest BCUT2D eigenvalue weighted by molar-refractivity contribution is 7.17. The first-order valence-corrected chi connectivity index (χ1v) is 11.0. The van der Waals surface area contributed by atoms with Gasteiger partial charge in [0.05, 0.1) is 23.9 Å². The Hall–Kier alpha value is -3.37. The van der Waals surface area contributed by atoms with Crippen LogP contribution in [0.25, 0.3) is 21.3 Å². The second kappa shape index (κ2) is 8.78. The van der Waals surface area contributed by atoms with Crippen LogP contribution in [0.4, 0.5) is 9.39 Å². The number of benzene rings is 1. The van der Waals surface area contributed by atoms with Crippen LogP contribution >= 0.6 is 22.7 Å². The molecule has 1 N–H and O–H groups in total. The molecule has 31 heavy (non-hydrogen) atoms. The minimum atomic E-state index is -0.526. The minimum absolute atomic E-state index is 0.222. The molecule has 0 aliphatic rings. The van der Waals surface area contributed by atoms with Crippen LogP contribution in [0.2, 0.25) is 0 Å². The number of halogens is 1. The second-order valence-corrected chi connectivity index (χ2v) is 8.22. The quantitative estimate of drug-likeness (QED) is 0.440. The van der Waals surface area contributed by atoms with Crippen molar-refractivity contribution in [3.8, 4) is 11.1 Å². The van der Waals surface area contributed by atoms with Crippen LogP contribution in [0.3, 0.4) is 0 Å². The Morgan fingerprint density at radius 3 is 2.71 bits per heavy atom. The third-order valence-electron chi connectivity index (χ3n) is 4.44. The average molecular weight is 458 g/mol. The van der Waals surface area contributed by atoms with E-state index in [1.54, 1.807) is 35.9 Å². The molecule has 0 spiro atoms. The number of nitrogens with one attached hydrogen (secondary N) is 1. The topological polar surface area (TPSA) is 90.3 Å². The molecule has 7 nitrogen and oxygen atoms in total. The van der Waals surface area contributed by atoms with E-state index in [-0.39, 0.29) is 30.1 Å². The number of anilines is 1. The summed E-state index contributed by atoms with van der Waals surface area (Å²) >= 11 is 2.49. The number of carbonyl (C=O) groups excluding carboxylic acids is 2. The van der Waals surface area contributed by atoms with E-state index < -0.39 is 11.9 Å². The third-order valence-corrected chi connectivity index (χ3v) is 6.16. The van der Waals surface area contributed by atoms with E-state index in [9.17, 15) is 18.8 Å². The Morgan fingerprint density at radius 1 is 1.19 bits per heavy atom. The summed E-state index contributed by atoms with van der Waals surface area (Å²) in [5.74, 6) is -1.37. The lowest BCUT2D eigenvalue weighted by molar-refractivity contribution is -0.116. The van der Waals surface area contributed by atoms with Gasteiger partial charge in [-0.3, -0.25) is 14.2 Å². The van der Waals surface area contributed by atoms with Crippen molar-refractivity contribution in [3.05, 3.63) is 69.2 Å². The molecule has 0 bridgehead atoms. The van der Waals surface area contributed by atoms with Gasteiger partial charge >= 0.3 is 5.97 Å². The smallest absolute Gasteiger partial charge is 0.341 e. The Bertz CT molecular complexity index is 1320. The van der Waals surface area contributed by atoms with Crippen molar-refractivity contribution in [1.82, 2.24) is 9.55 Å². The SMILES string of the molecule is CCOC(=O)c1ccsc1NC(=O)Cn1cnc2scc(-c3ccc(F)cc3)c2c1=O. The van der Waals surface area contributed by atoms with Gasteiger partial charge in [0.15, 0.2) is 0 Å². The highest BCUT2D eigenvalue weighted by Gasteiger charge is 2.18. The standard InChI is InChI=1S/C21H16FN3O4S2/c1-2-29-21(28)14-7-8-30-18(14)24-16(26)9-25-11-23-19-17(20(25)27)15(10-31-19)12-3-5-13(22)6-4-12/h3-8,10-11H,2,9H2,1H3,(H,24,26). The largest absolute Gasteiger partial charge is 0.462 e. The number of hydrogen-bond acceptors (Lipinski definition) is 7. The molecule has 0 radical (unpaired) electrons. The zero-order chi connectivity index (χ0) is 22.0. The van der Waals surface area contributed by atoms with Crippen LogP contribution in [0, 0.1) is 5.82 Å². The van der Waals surface area contributed by atoms with Gasteiger partial charge in [-0.05, 0) is 36.1 Å². The summed E-state index contributed by atoms with van der Waals surface area (Å²) < 4.78 is 19.4. The predicted molar refractivity (Wildman–Crippen MR) is 118 cm³/mol. The molecule has 1 amide bonds. The van der Waals surface area contributed by atoms with Gasteiger partial charge in [0.1, 0.15) is 22.2 Å². The molecule has 0 unspecified atom stereocenters. The summed E-state index contributed by atoms with van der Waals surface area (Å²) in [5, 5.41) is 6.83. The molecule has 3 aromatic heterocycles. The molecule has 0 aliphatic carbocycles. The number of hydrogen-bond donors (Lipinski definition) is 1. The molecule has 1 aromatic carbocycles. The number of nitrogens with zero attached hydrogens (tertiary/aromatic N) is 2. The van der Waals surface area contributed by atoms with Crippen molar-refractivity contribution in [1.29, 1.82) is 0 Å². The van der Waals surface area contributed by atoms with Crippen molar-refractivity contribution in [2.45, 2.75) is 13.5 Å². The van der Waals surface area contributed by atoms with E-state index in [0.717, 1.165) is 0 Å². The highest BCUT2D eigenvalue weighted by atomic mass is 32.1. The van der Waals surface area contributed by atoms with Gasteiger partial charge in [0.2, 0.25) is 5.91 Å². The van der Waals surface area contributed by atoms with E-state index in [0.29, 0.717) is 26.3 Å². The third kappa shape index (κ3) is 4.25. The van der Waals surface area contributed by atoms with Gasteiger partial charge < -0.3 is 10.1 Å². The van der Waals surface area contributed by atoms with Crippen molar-refractivity contribution < 1.29 is 18.7 Å². The maximum atomic E-state index is 13.3. The lowest BCUT2D eigenvalue weighted by Crippen LogP contribution is -2.28. The van der Waals surface area contributed by atoms with Crippen LogP contribution in [-0.2, 0) is 16.1 Å². The predicted octanol–water partition coefficient (Wildman–Crippen LogP) is 4.14. The highest BCUT2D eigenvalue weighted by Crippen LogP contribution is 2.30. The fourth-order valence-electron chi connectivity index (χ4n) is 3.02. The zero-order valence-corrected chi connectivity index (χ0v) is 17.9. The second-order valence-electron chi connectivity index (χ2n) is 6.45. The van der Waals surface area contributed by atoms with Crippen molar-refractivity contribution >= 4 is 49.8 Å². The molecule has 4 rings (SSSR count). The van der Waals surface area contributed by atoms with Gasteiger partial charge in [-0.1, -0.05) is 12.1 Å². The van der Waals surface area contributed by atoms with Crippen molar-refractivity contribution in [2.24, 2.45) is 0 Å². The van der Waals surface area contributed by atoms with Gasteiger partial charge in [0, 0.05) is 10.9 Å². The van der Waals surface area contributed by atoms with Crippen molar-refractivity contribution in [2.75, 3.05) is 11.9 Å². The van der Waals surface area contributed by atoms with Gasteiger partial charge in [-0.15, -0.1) is 22.7 Å². The minimum Gasteiger partial charge on any atom is -0.462 e. The summed E-state index contributed by atoms with van der Waals surface area (Å²) in [6, 6.07) is 7.40. The number of carbonyl (C=O) groups is 2. The molecule has 10 heteroatoms. The molecule has 0 fully saturated rings. The zero-order valence-electron chi connectivity index (χ0n) is 16.3. The number of fused-ring (bicyclic) bond motifs is 1. The van der Waals surface area contributed by atoms with Crippen LogP contribution < -0.4 is 10.9 Å². The summed E-state index contributed by atoms with van der Waals surface area (Å²) in [4.78, 5) is 42.4. The summed E-state index contributed by atoms with van der Waals surface area (Å²) in [5.41, 5.74) is 1.21. The Balaban J connectivity index is 1.60. The van der Waals surface area contributed by atoms with Crippen molar-refractivity contribution in [3.63, 3.8) is 0 Å². The fraction of sp³-hybridized carbons (Fsp3) is 0.143. The number of esters is 1.